The number of thioether (sulfide) groups is 1. The summed E-state index contributed by atoms with van der Waals surface area (Å²) in [4.78, 5) is 4.38. The molecule has 0 atom stereocenters. The molecule has 1 aromatic rings. The smallest absolute Gasteiger partial charge is 0.126 e. The van der Waals surface area contributed by atoms with Crippen LogP contribution < -0.4 is 5.32 Å². The third-order valence-corrected chi connectivity index (χ3v) is 3.12. The number of nitrogens with zero attached hydrogens (tertiary/aromatic N) is 1. The first-order valence-electron chi connectivity index (χ1n) is 4.67. The van der Waals surface area contributed by atoms with Crippen LogP contribution in [0.25, 0.3) is 0 Å². The van der Waals surface area contributed by atoms with Gasteiger partial charge in [0.25, 0.3) is 0 Å². The number of anilines is 1. The zero-order valence-corrected chi connectivity index (χ0v) is 10.5. The van der Waals surface area contributed by atoms with Gasteiger partial charge in [-0.2, -0.15) is 11.8 Å². The van der Waals surface area contributed by atoms with Crippen molar-refractivity contribution in [3.63, 3.8) is 0 Å². The van der Waals surface area contributed by atoms with Crippen molar-refractivity contribution >= 4 is 29.2 Å². The lowest BCUT2D eigenvalue weighted by Gasteiger charge is -2.06. The van der Waals surface area contributed by atoms with E-state index in [2.05, 4.69) is 10.3 Å². The summed E-state index contributed by atoms with van der Waals surface area (Å²) in [5.41, 5.74) is 0.921. The van der Waals surface area contributed by atoms with Crippen molar-refractivity contribution in [3.8, 4) is 0 Å². The Morgan fingerprint density at radius 3 is 3.00 bits per heavy atom. The Kier molecular flexibility index (Phi) is 5.83. The van der Waals surface area contributed by atoms with Crippen molar-refractivity contribution in [2.24, 2.45) is 0 Å². The van der Waals surface area contributed by atoms with Crippen molar-refractivity contribution in [3.05, 3.63) is 22.8 Å². The van der Waals surface area contributed by atoms with E-state index in [1.165, 1.54) is 0 Å². The predicted octanol–water partition coefficient (Wildman–Crippen LogP) is 2.66. The van der Waals surface area contributed by atoms with Gasteiger partial charge < -0.3 is 10.1 Å². The van der Waals surface area contributed by atoms with Crippen LogP contribution in [0, 0.1) is 0 Å². The normalized spacial score (nSPS) is 10.3. The summed E-state index contributed by atoms with van der Waals surface area (Å²) in [5.74, 6) is 2.62. The molecule has 0 aliphatic heterocycles. The molecule has 5 heteroatoms. The SMILES string of the molecule is CNc1ccc(Cl)c(CSCCOC)n1. The summed E-state index contributed by atoms with van der Waals surface area (Å²) in [7, 11) is 3.55. The average Bonchev–Trinajstić information content (AvgIpc) is 2.26. The minimum atomic E-state index is 0.721. The monoisotopic (exact) mass is 246 g/mol. The quantitative estimate of drug-likeness (QED) is 0.783. The summed E-state index contributed by atoms with van der Waals surface area (Å²) in [5, 5.41) is 3.71. The van der Waals surface area contributed by atoms with E-state index in [1.54, 1.807) is 18.9 Å². The molecule has 1 N–H and O–H groups in total. The van der Waals surface area contributed by atoms with Crippen molar-refractivity contribution in [2.75, 3.05) is 31.8 Å². The third-order valence-electron chi connectivity index (χ3n) is 1.85. The van der Waals surface area contributed by atoms with Crippen molar-refractivity contribution in [1.82, 2.24) is 4.98 Å². The number of nitrogens with one attached hydrogen (secondary N) is 1. The maximum Gasteiger partial charge on any atom is 0.126 e. The summed E-state index contributed by atoms with van der Waals surface area (Å²) in [6.45, 7) is 0.758. The highest BCUT2D eigenvalue weighted by molar-refractivity contribution is 7.98. The van der Waals surface area contributed by atoms with Crippen LogP contribution in [0.15, 0.2) is 12.1 Å². The van der Waals surface area contributed by atoms with Gasteiger partial charge in [-0.15, -0.1) is 0 Å². The number of methoxy groups -OCH3 is 1. The van der Waals surface area contributed by atoms with E-state index in [9.17, 15) is 0 Å². The minimum absolute atomic E-state index is 0.721. The van der Waals surface area contributed by atoms with Crippen LogP contribution in [0.4, 0.5) is 5.82 Å². The van der Waals surface area contributed by atoms with E-state index in [0.29, 0.717) is 0 Å². The molecular weight excluding hydrogens is 232 g/mol. The Bertz CT molecular complexity index is 309. The molecule has 0 fully saturated rings. The second kappa shape index (κ2) is 6.93. The molecule has 0 radical (unpaired) electrons. The molecule has 0 aliphatic carbocycles. The largest absolute Gasteiger partial charge is 0.384 e. The summed E-state index contributed by atoms with van der Waals surface area (Å²) in [6, 6.07) is 3.73. The van der Waals surface area contributed by atoms with Gasteiger partial charge in [-0.25, -0.2) is 4.98 Å². The molecule has 1 aromatic heterocycles. The van der Waals surface area contributed by atoms with Crippen LogP contribution in [0.2, 0.25) is 5.02 Å². The summed E-state index contributed by atoms with van der Waals surface area (Å²) < 4.78 is 4.97. The third kappa shape index (κ3) is 4.28. The molecule has 0 bridgehead atoms. The van der Waals surface area contributed by atoms with Crippen molar-refractivity contribution in [2.45, 2.75) is 5.75 Å². The molecule has 1 rings (SSSR count). The first-order valence-corrected chi connectivity index (χ1v) is 6.21. The van der Waals surface area contributed by atoms with Crippen molar-refractivity contribution in [1.29, 1.82) is 0 Å². The molecule has 84 valence electrons. The Balaban J connectivity index is 2.51. The van der Waals surface area contributed by atoms with Crippen LogP contribution in [0.5, 0.6) is 0 Å². The number of ether oxygens (including phenoxy) is 1. The molecule has 3 nitrogen and oxygen atoms in total. The first-order chi connectivity index (χ1) is 7.27. The second-order valence-corrected chi connectivity index (χ2v) is 4.43. The number of halogens is 1. The maximum absolute atomic E-state index is 6.03. The van der Waals surface area contributed by atoms with Crippen LogP contribution in [-0.4, -0.2) is 31.5 Å². The molecule has 0 saturated heterocycles. The van der Waals surface area contributed by atoms with Crippen LogP contribution in [-0.2, 0) is 10.5 Å². The Morgan fingerprint density at radius 1 is 1.53 bits per heavy atom. The summed E-state index contributed by atoms with van der Waals surface area (Å²) >= 11 is 7.80. The molecular formula is C10H15ClN2OS. The van der Waals surface area contributed by atoms with Gasteiger partial charge >= 0.3 is 0 Å². The van der Waals surface area contributed by atoms with E-state index >= 15 is 0 Å². The fourth-order valence-corrected chi connectivity index (χ4v) is 2.13. The van der Waals surface area contributed by atoms with Crippen molar-refractivity contribution < 1.29 is 4.74 Å². The van der Waals surface area contributed by atoms with Crippen LogP contribution in [0.1, 0.15) is 5.69 Å². The van der Waals surface area contributed by atoms with Gasteiger partial charge in [-0.1, -0.05) is 11.6 Å². The predicted molar refractivity (Wildman–Crippen MR) is 66.8 cm³/mol. The van der Waals surface area contributed by atoms with Gasteiger partial charge in [0.1, 0.15) is 5.82 Å². The van der Waals surface area contributed by atoms with Gasteiger partial charge in [0.05, 0.1) is 17.3 Å². The molecule has 0 aliphatic rings. The molecule has 0 aromatic carbocycles. The topological polar surface area (TPSA) is 34.1 Å². The zero-order chi connectivity index (χ0) is 11.1. The van der Waals surface area contributed by atoms with E-state index in [0.717, 1.165) is 34.6 Å². The van der Waals surface area contributed by atoms with E-state index in [4.69, 9.17) is 16.3 Å². The number of pyridine rings is 1. The van der Waals surface area contributed by atoms with Crippen LogP contribution in [0.3, 0.4) is 0 Å². The molecule has 0 saturated carbocycles. The van der Waals surface area contributed by atoms with Gasteiger partial charge in [0.2, 0.25) is 0 Å². The maximum atomic E-state index is 6.03. The lowest BCUT2D eigenvalue weighted by molar-refractivity contribution is 0.218. The molecule has 0 spiro atoms. The van der Waals surface area contributed by atoms with Gasteiger partial charge in [-0.05, 0) is 12.1 Å². The first kappa shape index (κ1) is 12.6. The van der Waals surface area contributed by atoms with E-state index in [1.807, 2.05) is 19.2 Å². The number of aromatic nitrogens is 1. The Hall–Kier alpha value is -0.450. The van der Waals surface area contributed by atoms with Gasteiger partial charge in [0, 0.05) is 25.7 Å². The molecule has 0 amide bonds. The molecule has 15 heavy (non-hydrogen) atoms. The molecule has 1 heterocycles. The van der Waals surface area contributed by atoms with E-state index < -0.39 is 0 Å². The minimum Gasteiger partial charge on any atom is -0.384 e. The standard InChI is InChI=1S/C10H15ClN2OS/c1-12-10-4-3-8(11)9(13-10)7-15-6-5-14-2/h3-4H,5-7H2,1-2H3,(H,12,13). The highest BCUT2D eigenvalue weighted by Gasteiger charge is 2.03. The fourth-order valence-electron chi connectivity index (χ4n) is 1.04. The number of hydrogen-bond donors (Lipinski definition) is 1. The number of rotatable bonds is 6. The average molecular weight is 247 g/mol. The fraction of sp³-hybridized carbons (Fsp3) is 0.500. The van der Waals surface area contributed by atoms with Crippen LogP contribution >= 0.6 is 23.4 Å². The lowest BCUT2D eigenvalue weighted by Crippen LogP contribution is -1.98. The lowest BCUT2D eigenvalue weighted by atomic mass is 10.3. The van der Waals surface area contributed by atoms with E-state index in [-0.39, 0.29) is 0 Å². The Morgan fingerprint density at radius 2 is 2.33 bits per heavy atom. The van der Waals surface area contributed by atoms with Gasteiger partial charge in [-0.3, -0.25) is 0 Å². The molecule has 0 unspecified atom stereocenters. The van der Waals surface area contributed by atoms with Gasteiger partial charge in [0.15, 0.2) is 0 Å². The second-order valence-electron chi connectivity index (χ2n) is 2.92. The Labute approximate surface area is 99.6 Å². The highest BCUT2D eigenvalue weighted by atomic mass is 35.5. The zero-order valence-electron chi connectivity index (χ0n) is 8.92. The summed E-state index contributed by atoms with van der Waals surface area (Å²) in [6.07, 6.45) is 0. The highest BCUT2D eigenvalue weighted by Crippen LogP contribution is 2.21. The number of hydrogen-bond acceptors (Lipinski definition) is 4.